The van der Waals surface area contributed by atoms with Crippen molar-refractivity contribution in [2.24, 2.45) is 5.73 Å². The maximum absolute atomic E-state index is 13.6. The average molecular weight is 338 g/mol. The van der Waals surface area contributed by atoms with Crippen LogP contribution in [0.5, 0.6) is 5.75 Å². The Kier molecular flexibility index (Phi) is 5.15. The molecule has 0 aliphatic heterocycles. The molecule has 2 aromatic rings. The molecule has 20 heavy (non-hydrogen) atoms. The van der Waals surface area contributed by atoms with Crippen LogP contribution in [0.2, 0.25) is 0 Å². The minimum Gasteiger partial charge on any atom is -0.489 e. The molecule has 0 saturated heterocycles. The molecule has 2 rings (SSSR count). The summed E-state index contributed by atoms with van der Waals surface area (Å²) in [6.45, 7) is 2.15. The third-order valence-corrected chi connectivity index (χ3v) is 3.40. The fraction of sp³-hybridized carbons (Fsp3) is 0.250. The number of halogens is 2. The van der Waals surface area contributed by atoms with E-state index >= 15 is 0 Å². The van der Waals surface area contributed by atoms with Gasteiger partial charge in [0.15, 0.2) is 0 Å². The van der Waals surface area contributed by atoms with Crippen molar-refractivity contribution in [1.82, 2.24) is 0 Å². The molecule has 2 aromatic carbocycles. The van der Waals surface area contributed by atoms with Crippen molar-refractivity contribution in [3.05, 3.63) is 63.9 Å². The molecular formula is C16H17BrFNO. The van der Waals surface area contributed by atoms with Crippen molar-refractivity contribution in [2.75, 3.05) is 0 Å². The summed E-state index contributed by atoms with van der Waals surface area (Å²) in [5.41, 5.74) is 7.41. The second-order valence-corrected chi connectivity index (χ2v) is 5.73. The summed E-state index contributed by atoms with van der Waals surface area (Å²) in [4.78, 5) is 0. The van der Waals surface area contributed by atoms with Gasteiger partial charge in [-0.3, -0.25) is 0 Å². The number of hydrogen-bond donors (Lipinski definition) is 1. The Morgan fingerprint density at radius 3 is 2.65 bits per heavy atom. The Bertz CT molecular complexity index is 586. The van der Waals surface area contributed by atoms with E-state index < -0.39 is 0 Å². The first-order chi connectivity index (χ1) is 9.56. The van der Waals surface area contributed by atoms with E-state index in [2.05, 4.69) is 15.9 Å². The topological polar surface area (TPSA) is 35.2 Å². The zero-order chi connectivity index (χ0) is 14.5. The van der Waals surface area contributed by atoms with E-state index in [4.69, 9.17) is 10.5 Å². The molecule has 106 valence electrons. The van der Waals surface area contributed by atoms with E-state index in [-0.39, 0.29) is 18.5 Å². The van der Waals surface area contributed by atoms with Gasteiger partial charge in [0.2, 0.25) is 0 Å². The van der Waals surface area contributed by atoms with Crippen LogP contribution in [0.4, 0.5) is 4.39 Å². The maximum atomic E-state index is 13.6. The lowest BCUT2D eigenvalue weighted by atomic mass is 10.1. The number of rotatable bonds is 5. The highest BCUT2D eigenvalue weighted by Gasteiger charge is 2.08. The minimum absolute atomic E-state index is 0.0418. The van der Waals surface area contributed by atoms with Crippen molar-refractivity contribution in [1.29, 1.82) is 0 Å². The predicted molar refractivity (Wildman–Crippen MR) is 82.2 cm³/mol. The largest absolute Gasteiger partial charge is 0.489 e. The lowest BCUT2D eigenvalue weighted by Gasteiger charge is -2.14. The highest BCUT2D eigenvalue weighted by molar-refractivity contribution is 9.10. The summed E-state index contributed by atoms with van der Waals surface area (Å²) in [5.74, 6) is 0.493. The molecule has 1 unspecified atom stereocenters. The molecule has 0 aliphatic carbocycles. The first-order valence-corrected chi connectivity index (χ1v) is 7.26. The molecule has 0 spiro atoms. The molecule has 0 fully saturated rings. The van der Waals surface area contributed by atoms with Gasteiger partial charge in [0.05, 0.1) is 0 Å². The average Bonchev–Trinajstić information content (AvgIpc) is 2.39. The molecule has 0 amide bonds. The highest BCUT2D eigenvalue weighted by Crippen LogP contribution is 2.25. The van der Waals surface area contributed by atoms with Crippen LogP contribution in [0, 0.1) is 5.82 Å². The third-order valence-electron chi connectivity index (χ3n) is 2.91. The van der Waals surface area contributed by atoms with E-state index in [1.54, 1.807) is 18.2 Å². The van der Waals surface area contributed by atoms with Crippen LogP contribution in [-0.2, 0) is 13.0 Å². The minimum atomic E-state index is -0.252. The molecule has 0 heterocycles. The van der Waals surface area contributed by atoms with Gasteiger partial charge in [0, 0.05) is 16.1 Å². The Morgan fingerprint density at radius 2 is 1.95 bits per heavy atom. The van der Waals surface area contributed by atoms with Gasteiger partial charge in [0.25, 0.3) is 0 Å². The summed E-state index contributed by atoms with van der Waals surface area (Å²) < 4.78 is 20.3. The second kappa shape index (κ2) is 6.86. The molecule has 2 N–H and O–H groups in total. The van der Waals surface area contributed by atoms with Gasteiger partial charge >= 0.3 is 0 Å². The Balaban J connectivity index is 2.15. The van der Waals surface area contributed by atoms with Crippen LogP contribution in [0.15, 0.2) is 46.9 Å². The fourth-order valence-electron chi connectivity index (χ4n) is 1.97. The number of nitrogens with two attached hydrogens (primary N) is 1. The SMILES string of the molecule is CC(N)Cc1cc(Br)ccc1OCc1ccccc1F. The van der Waals surface area contributed by atoms with Gasteiger partial charge in [-0.05, 0) is 43.2 Å². The predicted octanol–water partition coefficient (Wildman–Crippen LogP) is 4.06. The molecule has 0 aliphatic rings. The quantitative estimate of drug-likeness (QED) is 0.892. The van der Waals surface area contributed by atoms with Crippen molar-refractivity contribution in [3.8, 4) is 5.75 Å². The van der Waals surface area contributed by atoms with Crippen molar-refractivity contribution in [2.45, 2.75) is 26.0 Å². The smallest absolute Gasteiger partial charge is 0.129 e. The number of benzene rings is 2. The zero-order valence-corrected chi connectivity index (χ0v) is 12.9. The summed E-state index contributed by atoms with van der Waals surface area (Å²) in [6.07, 6.45) is 0.714. The lowest BCUT2D eigenvalue weighted by molar-refractivity contribution is 0.296. The van der Waals surface area contributed by atoms with Gasteiger partial charge in [-0.25, -0.2) is 4.39 Å². The molecule has 1 atom stereocenters. The second-order valence-electron chi connectivity index (χ2n) is 4.81. The van der Waals surface area contributed by atoms with Gasteiger partial charge in [-0.1, -0.05) is 34.1 Å². The van der Waals surface area contributed by atoms with Crippen LogP contribution in [-0.4, -0.2) is 6.04 Å². The Hall–Kier alpha value is -1.39. The van der Waals surface area contributed by atoms with Gasteiger partial charge in [-0.2, -0.15) is 0 Å². The number of hydrogen-bond acceptors (Lipinski definition) is 2. The lowest BCUT2D eigenvalue weighted by Crippen LogP contribution is -2.18. The van der Waals surface area contributed by atoms with Gasteiger partial charge < -0.3 is 10.5 Å². The first kappa shape index (κ1) is 15.0. The van der Waals surface area contributed by atoms with Crippen LogP contribution >= 0.6 is 15.9 Å². The maximum Gasteiger partial charge on any atom is 0.129 e. The molecular weight excluding hydrogens is 321 g/mol. The van der Waals surface area contributed by atoms with E-state index in [0.29, 0.717) is 12.0 Å². The van der Waals surface area contributed by atoms with Crippen molar-refractivity contribution >= 4 is 15.9 Å². The monoisotopic (exact) mass is 337 g/mol. The van der Waals surface area contributed by atoms with E-state index in [1.165, 1.54) is 6.07 Å². The zero-order valence-electron chi connectivity index (χ0n) is 11.3. The van der Waals surface area contributed by atoms with Gasteiger partial charge in [-0.15, -0.1) is 0 Å². The van der Waals surface area contributed by atoms with Crippen molar-refractivity contribution in [3.63, 3.8) is 0 Å². The summed E-state index contributed by atoms with van der Waals surface area (Å²) in [5, 5.41) is 0. The van der Waals surface area contributed by atoms with Gasteiger partial charge in [0.1, 0.15) is 18.2 Å². The Labute approximate surface area is 126 Å². The number of ether oxygens (including phenoxy) is 1. The van der Waals surface area contributed by atoms with E-state index in [9.17, 15) is 4.39 Å². The molecule has 2 nitrogen and oxygen atoms in total. The standard InChI is InChI=1S/C16H17BrFNO/c1-11(19)8-13-9-14(17)6-7-16(13)20-10-12-4-2-3-5-15(12)18/h2-7,9,11H,8,10,19H2,1H3. The van der Waals surface area contributed by atoms with Crippen LogP contribution in [0.3, 0.4) is 0 Å². The molecule has 0 radical (unpaired) electrons. The summed E-state index contributed by atoms with van der Waals surface area (Å²) in [6, 6.07) is 12.4. The van der Waals surface area contributed by atoms with Crippen LogP contribution < -0.4 is 10.5 Å². The third kappa shape index (κ3) is 4.05. The molecule has 0 bridgehead atoms. The van der Waals surface area contributed by atoms with E-state index in [1.807, 2.05) is 25.1 Å². The molecule has 0 aromatic heterocycles. The summed E-state index contributed by atoms with van der Waals surface area (Å²) in [7, 11) is 0. The summed E-state index contributed by atoms with van der Waals surface area (Å²) >= 11 is 3.44. The van der Waals surface area contributed by atoms with Crippen LogP contribution in [0.1, 0.15) is 18.1 Å². The molecule has 4 heteroatoms. The fourth-order valence-corrected chi connectivity index (χ4v) is 2.37. The Morgan fingerprint density at radius 1 is 1.20 bits per heavy atom. The normalized spacial score (nSPS) is 12.2. The van der Waals surface area contributed by atoms with Crippen molar-refractivity contribution < 1.29 is 9.13 Å². The first-order valence-electron chi connectivity index (χ1n) is 6.46. The van der Waals surface area contributed by atoms with E-state index in [0.717, 1.165) is 15.8 Å². The highest BCUT2D eigenvalue weighted by atomic mass is 79.9. The molecule has 0 saturated carbocycles. The van der Waals surface area contributed by atoms with Crippen LogP contribution in [0.25, 0.3) is 0 Å².